The van der Waals surface area contributed by atoms with Crippen LogP contribution in [0.25, 0.3) is 33.6 Å². The first-order valence-corrected chi connectivity index (χ1v) is 12.8. The minimum atomic E-state index is 0.277. The van der Waals surface area contributed by atoms with Gasteiger partial charge in [-0.3, -0.25) is 0 Å². The van der Waals surface area contributed by atoms with Gasteiger partial charge in [0, 0.05) is 40.8 Å². The number of rotatable bonds is 6. The highest BCUT2D eigenvalue weighted by Gasteiger charge is 2.37. The molecule has 0 unspecified atom stereocenters. The van der Waals surface area contributed by atoms with Gasteiger partial charge in [0.05, 0.1) is 0 Å². The number of aryl methyl sites for hydroxylation is 2. The molecule has 0 atom stereocenters. The van der Waals surface area contributed by atoms with E-state index in [9.17, 15) is 5.11 Å². The molecule has 0 saturated carbocycles. The van der Waals surface area contributed by atoms with Crippen LogP contribution in [0.5, 0.6) is 0 Å². The van der Waals surface area contributed by atoms with Gasteiger partial charge in [-0.1, -0.05) is 66.7 Å². The zero-order chi connectivity index (χ0) is 22.9. The Morgan fingerprint density at radius 1 is 0.588 bits per heavy atom. The number of aromatic nitrogens is 1. The van der Waals surface area contributed by atoms with Crippen LogP contribution in [-0.4, -0.2) is 11.7 Å². The molecule has 0 fully saturated rings. The predicted octanol–water partition coefficient (Wildman–Crippen LogP) is 6.33. The van der Waals surface area contributed by atoms with Gasteiger partial charge in [0.15, 0.2) is 0 Å². The summed E-state index contributed by atoms with van der Waals surface area (Å²) in [6, 6.07) is 29.1. The van der Waals surface area contributed by atoms with Crippen molar-refractivity contribution in [3.05, 3.63) is 101 Å². The molecule has 0 aliphatic heterocycles. The molecule has 1 heterocycles. The summed E-state index contributed by atoms with van der Waals surface area (Å²) in [5.74, 6) is 0. The molecule has 1 aromatic heterocycles. The van der Waals surface area contributed by atoms with Crippen LogP contribution in [0, 0.1) is 0 Å². The Kier molecular flexibility index (Phi) is 5.76. The lowest BCUT2D eigenvalue weighted by Crippen LogP contribution is -2.43. The Morgan fingerprint density at radius 3 is 1.74 bits per heavy atom. The van der Waals surface area contributed by atoms with Gasteiger partial charge in [0.1, 0.15) is 6.54 Å². The second-order valence-corrected chi connectivity index (χ2v) is 9.65. The maximum atomic E-state index is 9.36. The monoisotopic (exact) mass is 446 g/mol. The molecule has 6 rings (SSSR count). The van der Waals surface area contributed by atoms with E-state index in [1.165, 1.54) is 55.9 Å². The minimum absolute atomic E-state index is 0.277. The van der Waals surface area contributed by atoms with Gasteiger partial charge >= 0.3 is 0 Å². The molecule has 2 nitrogen and oxygen atoms in total. The molecule has 0 saturated heterocycles. The van der Waals surface area contributed by atoms with E-state index in [0.717, 1.165) is 51.5 Å². The van der Waals surface area contributed by atoms with Crippen LogP contribution in [0.15, 0.2) is 78.9 Å². The smallest absolute Gasteiger partial charge is 0.217 e. The summed E-state index contributed by atoms with van der Waals surface area (Å²) in [6.07, 6.45) is 7.38. The summed E-state index contributed by atoms with van der Waals surface area (Å²) in [6.45, 7) is 1.27. The highest BCUT2D eigenvalue weighted by molar-refractivity contribution is 5.85. The van der Waals surface area contributed by atoms with Crippen molar-refractivity contribution in [2.24, 2.45) is 0 Å². The van der Waals surface area contributed by atoms with Crippen molar-refractivity contribution in [2.45, 2.75) is 51.5 Å². The molecule has 2 aliphatic rings. The highest BCUT2D eigenvalue weighted by Crippen LogP contribution is 2.44. The number of nitrogens with zero attached hydrogens (tertiary/aromatic N) is 1. The van der Waals surface area contributed by atoms with Gasteiger partial charge in [-0.25, -0.2) is 0 Å². The van der Waals surface area contributed by atoms with E-state index >= 15 is 0 Å². The molecular formula is C32H32NO+. The lowest BCUT2D eigenvalue weighted by molar-refractivity contribution is -0.676. The second-order valence-electron chi connectivity index (χ2n) is 9.65. The fraction of sp³-hybridized carbons (Fsp3) is 0.281. The maximum Gasteiger partial charge on any atom is 0.217 e. The largest absolute Gasteiger partial charge is 0.396 e. The molecule has 170 valence electrons. The van der Waals surface area contributed by atoms with Gasteiger partial charge in [-0.2, -0.15) is 4.57 Å². The zero-order valence-electron chi connectivity index (χ0n) is 19.8. The van der Waals surface area contributed by atoms with Crippen molar-refractivity contribution in [3.8, 4) is 33.6 Å². The van der Waals surface area contributed by atoms with Crippen LogP contribution in [0.2, 0.25) is 0 Å². The summed E-state index contributed by atoms with van der Waals surface area (Å²) in [7, 11) is 0. The van der Waals surface area contributed by atoms with Gasteiger partial charge < -0.3 is 5.11 Å². The molecule has 4 aromatic rings. The number of unbranched alkanes of at least 4 members (excludes halogenated alkanes) is 2. The van der Waals surface area contributed by atoms with E-state index in [-0.39, 0.29) is 6.61 Å². The summed E-state index contributed by atoms with van der Waals surface area (Å²) in [4.78, 5) is 0. The SMILES string of the molecule is OCCCCC[n+]1c2c(c(-c3ccccc3)c3c1-c1ccccc1CC3)CCc1ccccc1-2. The molecule has 0 bridgehead atoms. The Bertz CT molecular complexity index is 1260. The Labute approximate surface area is 202 Å². The van der Waals surface area contributed by atoms with Crippen LogP contribution in [-0.2, 0) is 32.2 Å². The molecule has 3 aromatic carbocycles. The second kappa shape index (κ2) is 9.19. The third kappa shape index (κ3) is 3.58. The van der Waals surface area contributed by atoms with E-state index < -0.39 is 0 Å². The van der Waals surface area contributed by atoms with E-state index in [0.29, 0.717) is 0 Å². The first kappa shape index (κ1) is 21.3. The van der Waals surface area contributed by atoms with E-state index in [1.807, 2.05) is 0 Å². The Hall–Kier alpha value is -3.23. The van der Waals surface area contributed by atoms with Crippen LogP contribution in [0.4, 0.5) is 0 Å². The van der Waals surface area contributed by atoms with Crippen molar-refractivity contribution < 1.29 is 9.67 Å². The Balaban J connectivity index is 1.69. The van der Waals surface area contributed by atoms with Crippen molar-refractivity contribution in [2.75, 3.05) is 6.61 Å². The lowest BCUT2D eigenvalue weighted by atomic mass is 9.77. The normalized spacial score (nSPS) is 13.6. The van der Waals surface area contributed by atoms with Crippen LogP contribution in [0.3, 0.4) is 0 Å². The third-order valence-electron chi connectivity index (χ3n) is 7.65. The van der Waals surface area contributed by atoms with Crippen LogP contribution < -0.4 is 4.57 Å². The number of fused-ring (bicyclic) bond motifs is 6. The van der Waals surface area contributed by atoms with Gasteiger partial charge in [0.25, 0.3) is 0 Å². The standard InChI is InChI=1S/C32H32NO/c34-22-10-2-9-21-33-31-26-15-7-5-11-23(26)17-19-28(31)30(25-13-3-1-4-14-25)29-20-18-24-12-6-8-16-27(24)32(29)33/h1,3-8,11-16,34H,2,9-10,17-22H2/q+1. The van der Waals surface area contributed by atoms with Crippen molar-refractivity contribution in [3.63, 3.8) is 0 Å². The summed E-state index contributed by atoms with van der Waals surface area (Å²) in [5, 5.41) is 9.36. The first-order valence-electron chi connectivity index (χ1n) is 12.8. The van der Waals surface area contributed by atoms with Gasteiger partial charge in [-0.15, -0.1) is 0 Å². The molecule has 2 aliphatic carbocycles. The number of benzene rings is 3. The zero-order valence-corrected chi connectivity index (χ0v) is 19.8. The number of hydrogen-bond acceptors (Lipinski definition) is 1. The van der Waals surface area contributed by atoms with E-state index in [2.05, 4.69) is 83.4 Å². The fourth-order valence-corrected chi connectivity index (χ4v) is 6.15. The predicted molar refractivity (Wildman–Crippen MR) is 139 cm³/mol. The summed E-state index contributed by atoms with van der Waals surface area (Å²) >= 11 is 0. The summed E-state index contributed by atoms with van der Waals surface area (Å²) in [5.41, 5.74) is 14.4. The lowest BCUT2D eigenvalue weighted by Gasteiger charge is -2.28. The number of aliphatic hydroxyl groups excluding tert-OH is 1. The molecular weight excluding hydrogens is 414 g/mol. The van der Waals surface area contributed by atoms with Gasteiger partial charge in [-0.05, 0) is 67.3 Å². The summed E-state index contributed by atoms with van der Waals surface area (Å²) < 4.78 is 2.66. The molecule has 0 radical (unpaired) electrons. The molecule has 1 N–H and O–H groups in total. The molecule has 0 spiro atoms. The molecule has 2 heteroatoms. The van der Waals surface area contributed by atoms with Crippen molar-refractivity contribution in [1.82, 2.24) is 0 Å². The van der Waals surface area contributed by atoms with E-state index in [4.69, 9.17) is 0 Å². The minimum Gasteiger partial charge on any atom is -0.396 e. The number of pyridine rings is 1. The van der Waals surface area contributed by atoms with E-state index in [1.54, 1.807) is 0 Å². The molecule has 0 amide bonds. The van der Waals surface area contributed by atoms with Crippen molar-refractivity contribution in [1.29, 1.82) is 0 Å². The van der Waals surface area contributed by atoms with Crippen LogP contribution in [0.1, 0.15) is 41.5 Å². The maximum absolute atomic E-state index is 9.36. The van der Waals surface area contributed by atoms with Gasteiger partial charge in [0.2, 0.25) is 11.4 Å². The van der Waals surface area contributed by atoms with Crippen molar-refractivity contribution >= 4 is 0 Å². The topological polar surface area (TPSA) is 24.1 Å². The van der Waals surface area contributed by atoms with Crippen LogP contribution >= 0.6 is 0 Å². The Morgan fingerprint density at radius 2 is 1.15 bits per heavy atom. The average molecular weight is 447 g/mol. The highest BCUT2D eigenvalue weighted by atomic mass is 16.2. The number of hydrogen-bond donors (Lipinski definition) is 1. The third-order valence-corrected chi connectivity index (χ3v) is 7.65. The quantitative estimate of drug-likeness (QED) is 0.271. The average Bonchev–Trinajstić information content (AvgIpc) is 2.90. The fourth-order valence-electron chi connectivity index (χ4n) is 6.15. The first-order chi connectivity index (χ1) is 16.9. The molecule has 34 heavy (non-hydrogen) atoms. The number of aliphatic hydroxyl groups is 1.